The minimum Gasteiger partial charge on any atom is -0.298 e. The Morgan fingerprint density at radius 3 is 2.76 bits per heavy atom. The second-order valence-corrected chi connectivity index (χ2v) is 6.96. The van der Waals surface area contributed by atoms with Gasteiger partial charge in [-0.05, 0) is 12.8 Å². The van der Waals surface area contributed by atoms with Crippen LogP contribution >= 0.6 is 15.9 Å². The first kappa shape index (κ1) is 13.3. The summed E-state index contributed by atoms with van der Waals surface area (Å²) < 4.78 is -0.185. The van der Waals surface area contributed by atoms with Gasteiger partial charge in [-0.25, -0.2) is 0 Å². The number of fused-ring (bicyclic) bond motifs is 1. The maximum atomic E-state index is 12.0. The summed E-state index contributed by atoms with van der Waals surface area (Å²) in [7, 11) is 0. The lowest BCUT2D eigenvalue weighted by Crippen LogP contribution is -2.57. The number of alkyl halides is 1. The number of carbonyl (C=O) groups is 1. The Bertz CT molecular complexity index is 310. The number of hydrogen-bond acceptors (Lipinski definition) is 1. The lowest BCUT2D eigenvalue weighted by atomic mass is 9.63. The highest BCUT2D eigenvalue weighted by molar-refractivity contribution is 9.10. The van der Waals surface area contributed by atoms with Gasteiger partial charge >= 0.3 is 0 Å². The van der Waals surface area contributed by atoms with Gasteiger partial charge < -0.3 is 0 Å². The molecular weight excluding hydrogens is 276 g/mol. The van der Waals surface area contributed by atoms with E-state index in [1.165, 1.54) is 38.5 Å². The normalized spacial score (nSPS) is 34.8. The van der Waals surface area contributed by atoms with Crippen LogP contribution < -0.4 is 0 Å². The molecule has 0 N–H and O–H groups in total. The van der Waals surface area contributed by atoms with Gasteiger partial charge in [0.15, 0.2) is 5.78 Å². The molecule has 0 saturated heterocycles. The van der Waals surface area contributed by atoms with E-state index in [1.54, 1.807) is 0 Å². The molecule has 1 fully saturated rings. The monoisotopic (exact) mass is 298 g/mol. The van der Waals surface area contributed by atoms with Crippen molar-refractivity contribution in [2.24, 2.45) is 11.8 Å². The molecule has 0 aromatic rings. The molecule has 2 heteroatoms. The fourth-order valence-corrected chi connectivity index (χ4v) is 4.27. The third kappa shape index (κ3) is 2.52. The zero-order valence-electron chi connectivity index (χ0n) is 10.8. The van der Waals surface area contributed by atoms with Crippen molar-refractivity contribution < 1.29 is 4.79 Å². The van der Waals surface area contributed by atoms with E-state index in [-0.39, 0.29) is 4.32 Å². The zero-order chi connectivity index (χ0) is 12.3. The number of allylic oxidation sites excluding steroid dienone is 2. The fourth-order valence-electron chi connectivity index (χ4n) is 3.22. The van der Waals surface area contributed by atoms with Gasteiger partial charge in [-0.15, -0.1) is 0 Å². The molecule has 3 atom stereocenters. The molecule has 0 aliphatic heterocycles. The van der Waals surface area contributed by atoms with Gasteiger partial charge in [-0.3, -0.25) is 4.79 Å². The van der Waals surface area contributed by atoms with E-state index in [0.717, 1.165) is 12.8 Å². The number of carbonyl (C=O) groups excluding carboxylic acids is 1. The highest BCUT2D eigenvalue weighted by Gasteiger charge is 2.59. The summed E-state index contributed by atoms with van der Waals surface area (Å²) >= 11 is 3.72. The van der Waals surface area contributed by atoms with E-state index < -0.39 is 0 Å². The van der Waals surface area contributed by atoms with E-state index in [0.29, 0.717) is 17.6 Å². The Morgan fingerprint density at radius 1 is 1.29 bits per heavy atom. The maximum Gasteiger partial charge on any atom is 0.154 e. The van der Waals surface area contributed by atoms with Gasteiger partial charge in [0.05, 0.1) is 4.32 Å². The Morgan fingerprint density at radius 2 is 2.00 bits per heavy atom. The van der Waals surface area contributed by atoms with Crippen LogP contribution in [0.1, 0.15) is 58.3 Å². The van der Waals surface area contributed by atoms with Crippen LogP contribution in [0.2, 0.25) is 0 Å². The third-order valence-corrected chi connectivity index (χ3v) is 5.65. The van der Waals surface area contributed by atoms with Crippen molar-refractivity contribution in [3.8, 4) is 0 Å². The smallest absolute Gasteiger partial charge is 0.154 e. The van der Waals surface area contributed by atoms with Crippen molar-refractivity contribution in [2.45, 2.75) is 62.6 Å². The molecule has 0 bridgehead atoms. The molecule has 2 aliphatic rings. The molecule has 0 aromatic heterocycles. The number of hydrogen-bond donors (Lipinski definition) is 0. The summed E-state index contributed by atoms with van der Waals surface area (Å²) in [5, 5.41) is 0. The van der Waals surface area contributed by atoms with Crippen LogP contribution in [-0.2, 0) is 4.79 Å². The molecule has 0 amide bonds. The van der Waals surface area contributed by atoms with Crippen molar-refractivity contribution in [2.75, 3.05) is 0 Å². The molecule has 17 heavy (non-hydrogen) atoms. The molecule has 96 valence electrons. The van der Waals surface area contributed by atoms with Crippen LogP contribution in [0.3, 0.4) is 0 Å². The molecule has 0 heterocycles. The Balaban J connectivity index is 1.68. The molecule has 2 rings (SSSR count). The van der Waals surface area contributed by atoms with E-state index >= 15 is 0 Å². The van der Waals surface area contributed by atoms with Gasteiger partial charge in [0, 0.05) is 11.8 Å². The average Bonchev–Trinajstić information content (AvgIpc) is 2.79. The first-order chi connectivity index (χ1) is 8.20. The summed E-state index contributed by atoms with van der Waals surface area (Å²) in [6, 6.07) is 0. The second-order valence-electron chi connectivity index (χ2n) is 5.54. The standard InChI is InChI=1S/C15H23BrO/c1-2-3-4-5-6-7-11-15(16)13-10-8-9-12(13)14(15)17/h8,10,12-13H,2-7,9,11H2,1H3/t12-,13+,15-/m0/s1. The van der Waals surface area contributed by atoms with Gasteiger partial charge in [0.2, 0.25) is 0 Å². The minimum absolute atomic E-state index is 0.185. The molecule has 0 aromatic carbocycles. The first-order valence-electron chi connectivity index (χ1n) is 7.10. The number of rotatable bonds is 7. The first-order valence-corrected chi connectivity index (χ1v) is 7.89. The quantitative estimate of drug-likeness (QED) is 0.380. The summed E-state index contributed by atoms with van der Waals surface area (Å²) in [5.41, 5.74) is 0. The molecule has 1 nitrogen and oxygen atoms in total. The van der Waals surface area contributed by atoms with Gasteiger partial charge in [0.1, 0.15) is 0 Å². The van der Waals surface area contributed by atoms with Crippen molar-refractivity contribution in [1.29, 1.82) is 0 Å². The molecule has 0 unspecified atom stereocenters. The third-order valence-electron chi connectivity index (χ3n) is 4.34. The predicted molar refractivity (Wildman–Crippen MR) is 75.4 cm³/mol. The van der Waals surface area contributed by atoms with Crippen molar-refractivity contribution in [3.05, 3.63) is 12.2 Å². The highest BCUT2D eigenvalue weighted by Crippen LogP contribution is 2.54. The van der Waals surface area contributed by atoms with Crippen molar-refractivity contribution in [1.82, 2.24) is 0 Å². The van der Waals surface area contributed by atoms with E-state index in [9.17, 15) is 4.79 Å². The second kappa shape index (κ2) is 5.69. The molecule has 2 aliphatic carbocycles. The molecule has 1 saturated carbocycles. The highest BCUT2D eigenvalue weighted by atomic mass is 79.9. The van der Waals surface area contributed by atoms with Crippen molar-refractivity contribution >= 4 is 21.7 Å². The fraction of sp³-hybridized carbons (Fsp3) is 0.800. The maximum absolute atomic E-state index is 12.0. The zero-order valence-corrected chi connectivity index (χ0v) is 12.3. The molecular formula is C15H23BrO. The van der Waals surface area contributed by atoms with Crippen LogP contribution in [0, 0.1) is 11.8 Å². The Labute approximate surface area is 113 Å². The average molecular weight is 299 g/mol. The summed E-state index contributed by atoms with van der Waals surface area (Å²) in [4.78, 5) is 12.0. The summed E-state index contributed by atoms with van der Waals surface area (Å²) in [6.07, 6.45) is 14.2. The van der Waals surface area contributed by atoms with Crippen LogP contribution in [0.4, 0.5) is 0 Å². The number of halogens is 1. The Hall–Kier alpha value is -0.110. The van der Waals surface area contributed by atoms with Gasteiger partial charge in [-0.2, -0.15) is 0 Å². The molecule has 0 spiro atoms. The predicted octanol–water partition coefficient (Wildman–Crippen LogP) is 4.65. The van der Waals surface area contributed by atoms with Crippen LogP contribution in [0.5, 0.6) is 0 Å². The topological polar surface area (TPSA) is 17.1 Å². The lowest BCUT2D eigenvalue weighted by Gasteiger charge is -2.46. The van der Waals surface area contributed by atoms with Crippen LogP contribution in [-0.4, -0.2) is 10.1 Å². The van der Waals surface area contributed by atoms with E-state index in [4.69, 9.17) is 0 Å². The van der Waals surface area contributed by atoms with Gasteiger partial charge in [-0.1, -0.05) is 73.5 Å². The van der Waals surface area contributed by atoms with Crippen LogP contribution in [0.25, 0.3) is 0 Å². The minimum atomic E-state index is -0.185. The van der Waals surface area contributed by atoms with Gasteiger partial charge in [0.25, 0.3) is 0 Å². The van der Waals surface area contributed by atoms with E-state index in [2.05, 4.69) is 35.0 Å². The summed E-state index contributed by atoms with van der Waals surface area (Å²) in [5.74, 6) is 1.26. The largest absolute Gasteiger partial charge is 0.298 e. The summed E-state index contributed by atoms with van der Waals surface area (Å²) in [6.45, 7) is 2.24. The van der Waals surface area contributed by atoms with Crippen molar-refractivity contribution in [3.63, 3.8) is 0 Å². The number of Topliss-reactive ketones (excluding diaryl/α,β-unsaturated/α-hetero) is 1. The lowest BCUT2D eigenvalue weighted by molar-refractivity contribution is -0.136. The molecule has 0 radical (unpaired) electrons. The van der Waals surface area contributed by atoms with Crippen LogP contribution in [0.15, 0.2) is 12.2 Å². The Kier molecular flexibility index (Phi) is 4.46. The number of unbranched alkanes of at least 4 members (excludes halogenated alkanes) is 5. The van der Waals surface area contributed by atoms with E-state index in [1.807, 2.05) is 0 Å². The number of ketones is 1. The SMILES string of the molecule is CCCCCCCC[C@@]1(Br)C(=O)[C@H]2CC=C[C@H]21.